The predicted molar refractivity (Wildman–Crippen MR) is 232 cm³/mol. The van der Waals surface area contributed by atoms with Crippen molar-refractivity contribution >= 4 is 53.3 Å². The zero-order valence-corrected chi connectivity index (χ0v) is 36.6. The Hall–Kier alpha value is -6.07. The van der Waals surface area contributed by atoms with E-state index in [1.165, 1.54) is 31.2 Å². The van der Waals surface area contributed by atoms with Gasteiger partial charge in [0.05, 0.1) is 19.2 Å². The molecule has 0 heterocycles. The number of carboxylic acids is 1. The van der Waals surface area contributed by atoms with Crippen LogP contribution in [0.5, 0.6) is 5.75 Å². The van der Waals surface area contributed by atoms with Gasteiger partial charge in [-0.15, -0.1) is 0 Å². The summed E-state index contributed by atoms with van der Waals surface area (Å²) in [4.78, 5) is 109. The smallest absolute Gasteiger partial charge is 0.326 e. The maximum Gasteiger partial charge on any atom is 0.326 e. The maximum absolute atomic E-state index is 13.9. The van der Waals surface area contributed by atoms with Crippen LogP contribution in [0.25, 0.3) is 0 Å². The minimum Gasteiger partial charge on any atom is -0.508 e. The first-order chi connectivity index (χ1) is 29.6. The van der Waals surface area contributed by atoms with Crippen LogP contribution >= 0.6 is 0 Å². The number of rotatable bonds is 29. The number of phenols is 1. The molecule has 63 heavy (non-hydrogen) atoms. The fourth-order valence-electron chi connectivity index (χ4n) is 5.93. The predicted octanol–water partition coefficient (Wildman–Crippen LogP) is -3.73. The minimum atomic E-state index is -1.56. The van der Waals surface area contributed by atoms with E-state index in [0.29, 0.717) is 18.4 Å². The SMILES string of the molecule is CC(C)C[C@H](NC(=O)[C@H](C)N)C(=O)N[C@@H](CO)C(=O)N[C@@H](CCCCN)C(=O)N[C@@H](Cc1ccc(O)cc1)C(=O)NCC(=O)N[C@@H](CCCN=C(N)N)C(=O)N[C@H](C(=O)O)C(C)C. The molecule has 0 saturated heterocycles. The van der Waals surface area contributed by atoms with Crippen molar-refractivity contribution in [1.29, 1.82) is 0 Å². The Morgan fingerprint density at radius 3 is 1.73 bits per heavy atom. The molecule has 0 aliphatic heterocycles. The van der Waals surface area contributed by atoms with Crippen molar-refractivity contribution in [3.05, 3.63) is 29.8 Å². The second-order valence-electron chi connectivity index (χ2n) is 15.9. The van der Waals surface area contributed by atoms with Gasteiger partial charge in [0, 0.05) is 13.0 Å². The highest BCUT2D eigenvalue weighted by atomic mass is 16.4. The third-order valence-corrected chi connectivity index (χ3v) is 9.41. The summed E-state index contributed by atoms with van der Waals surface area (Å²) in [5, 5.41) is 46.9. The zero-order valence-electron chi connectivity index (χ0n) is 36.6. The summed E-state index contributed by atoms with van der Waals surface area (Å²) in [7, 11) is 0. The quantitative estimate of drug-likeness (QED) is 0.0209. The molecule has 0 radical (unpaired) electrons. The molecule has 18 N–H and O–H groups in total. The van der Waals surface area contributed by atoms with Crippen molar-refractivity contribution in [3.8, 4) is 5.75 Å². The number of nitrogens with two attached hydrogens (primary N) is 4. The van der Waals surface area contributed by atoms with Gasteiger partial charge in [0.2, 0.25) is 41.4 Å². The third kappa shape index (κ3) is 21.5. The molecule has 0 aliphatic carbocycles. The monoisotopic (exact) mass is 893 g/mol. The molecule has 7 atom stereocenters. The van der Waals surface area contributed by atoms with Crippen LogP contribution in [0.15, 0.2) is 29.3 Å². The summed E-state index contributed by atoms with van der Waals surface area (Å²) in [6.45, 7) is 7.03. The normalized spacial score (nSPS) is 14.4. The number of aromatic hydroxyl groups is 1. The molecule has 0 aromatic heterocycles. The van der Waals surface area contributed by atoms with E-state index < -0.39 is 109 Å². The van der Waals surface area contributed by atoms with Crippen molar-refractivity contribution in [3.63, 3.8) is 0 Å². The first-order valence-electron chi connectivity index (χ1n) is 20.8. The Kier molecular flexibility index (Phi) is 24.9. The summed E-state index contributed by atoms with van der Waals surface area (Å²) < 4.78 is 0. The highest BCUT2D eigenvalue weighted by molar-refractivity contribution is 5.97. The summed E-state index contributed by atoms with van der Waals surface area (Å²) in [6.07, 6.45) is 1.03. The number of nitrogens with zero attached hydrogens (tertiary/aromatic N) is 1. The number of carboxylic acid groups (broad SMARTS) is 1. The lowest BCUT2D eigenvalue weighted by atomic mass is 10.0. The summed E-state index contributed by atoms with van der Waals surface area (Å²) in [5.74, 6) is -7.77. The summed E-state index contributed by atoms with van der Waals surface area (Å²) in [6, 6.07) is -3.09. The molecule has 0 saturated carbocycles. The van der Waals surface area contributed by atoms with Crippen LogP contribution in [0.3, 0.4) is 0 Å². The van der Waals surface area contributed by atoms with E-state index in [-0.39, 0.29) is 62.8 Å². The molecule has 0 unspecified atom stereocenters. The van der Waals surface area contributed by atoms with Gasteiger partial charge < -0.3 is 75.5 Å². The van der Waals surface area contributed by atoms with Crippen molar-refractivity contribution in [1.82, 2.24) is 37.2 Å². The number of aliphatic imine (C=N–C) groups is 1. The molecule has 0 fully saturated rings. The van der Waals surface area contributed by atoms with Crippen LogP contribution in [0.4, 0.5) is 0 Å². The topological polar surface area (TPSA) is 398 Å². The maximum atomic E-state index is 13.9. The van der Waals surface area contributed by atoms with Crippen molar-refractivity contribution < 1.29 is 53.7 Å². The van der Waals surface area contributed by atoms with E-state index in [0.717, 1.165) is 0 Å². The van der Waals surface area contributed by atoms with Crippen LogP contribution in [-0.2, 0) is 44.8 Å². The van der Waals surface area contributed by atoms with Gasteiger partial charge in [-0.1, -0.05) is 39.8 Å². The number of benzene rings is 1. The number of carbonyl (C=O) groups is 8. The van der Waals surface area contributed by atoms with Crippen LogP contribution in [0, 0.1) is 11.8 Å². The number of amides is 7. The fraction of sp³-hybridized carbons (Fsp3) is 0.625. The highest BCUT2D eigenvalue weighted by Gasteiger charge is 2.33. The lowest BCUT2D eigenvalue weighted by molar-refractivity contribution is -0.143. The van der Waals surface area contributed by atoms with Gasteiger partial charge >= 0.3 is 5.97 Å². The average Bonchev–Trinajstić information content (AvgIpc) is 3.21. The van der Waals surface area contributed by atoms with E-state index in [2.05, 4.69) is 42.2 Å². The van der Waals surface area contributed by atoms with Crippen LogP contribution in [-0.4, -0.2) is 137 Å². The number of hydrogen-bond donors (Lipinski definition) is 14. The second-order valence-corrected chi connectivity index (χ2v) is 15.9. The standard InChI is InChI=1S/C40H68N12O11/c1-21(2)17-28(49-33(56)23(5)42)37(60)51-30(20-53)38(61)48-27(9-6-7-15-41)35(58)50-29(18-24-11-13-25(54)14-12-24)34(57)46-19-31(55)47-26(10-8-16-45-40(43)44)36(59)52-32(22(3)4)39(62)63/h11-14,21-23,26-30,32,53-54H,6-10,15-20,41-42H2,1-5H3,(H,46,57)(H,47,55)(H,48,61)(H,49,56)(H,50,58)(H,51,60)(H,52,59)(H,62,63)(H4,43,44,45)/t23-,26-,27-,28-,29-,30-,32-/m0/s1. The molecule has 1 rings (SSSR count). The number of unbranched alkanes of at least 4 members (excludes halogenated alkanes) is 1. The zero-order chi connectivity index (χ0) is 47.8. The number of guanidine groups is 1. The molecule has 7 amide bonds. The molecule has 23 nitrogen and oxygen atoms in total. The first-order valence-corrected chi connectivity index (χ1v) is 20.8. The molecule has 354 valence electrons. The van der Waals surface area contributed by atoms with Gasteiger partial charge in [-0.3, -0.25) is 38.6 Å². The number of aliphatic carboxylic acids is 1. The summed E-state index contributed by atoms with van der Waals surface area (Å²) in [5.41, 5.74) is 22.6. The van der Waals surface area contributed by atoms with Gasteiger partial charge in [0.25, 0.3) is 0 Å². The second kappa shape index (κ2) is 28.5. The summed E-state index contributed by atoms with van der Waals surface area (Å²) >= 11 is 0. The average molecular weight is 893 g/mol. The van der Waals surface area contributed by atoms with Crippen LogP contribution in [0.2, 0.25) is 0 Å². The van der Waals surface area contributed by atoms with Crippen molar-refractivity contribution in [2.75, 3.05) is 26.2 Å². The third-order valence-electron chi connectivity index (χ3n) is 9.41. The van der Waals surface area contributed by atoms with Crippen molar-refractivity contribution in [2.24, 2.45) is 39.8 Å². The van der Waals surface area contributed by atoms with E-state index in [1.807, 2.05) is 13.8 Å². The molecule has 1 aromatic carbocycles. The lowest BCUT2D eigenvalue weighted by Gasteiger charge is -2.26. The molecule has 0 bridgehead atoms. The molecule has 23 heteroatoms. The number of hydrogen-bond acceptors (Lipinski definition) is 13. The van der Waals surface area contributed by atoms with E-state index in [9.17, 15) is 53.7 Å². The van der Waals surface area contributed by atoms with Crippen LogP contribution in [0.1, 0.15) is 78.7 Å². The Labute approximate surface area is 367 Å². The number of phenolic OH excluding ortho intramolecular Hbond substituents is 1. The van der Waals surface area contributed by atoms with Gasteiger partial charge in [-0.2, -0.15) is 0 Å². The minimum absolute atomic E-state index is 0.00694. The number of carbonyl (C=O) groups excluding carboxylic acids is 7. The van der Waals surface area contributed by atoms with Crippen LogP contribution < -0.4 is 60.2 Å². The Bertz CT molecular complexity index is 1700. The largest absolute Gasteiger partial charge is 0.508 e. The van der Waals surface area contributed by atoms with E-state index in [4.69, 9.17) is 22.9 Å². The van der Waals surface area contributed by atoms with Gasteiger partial charge in [-0.25, -0.2) is 4.79 Å². The number of aliphatic hydroxyl groups excluding tert-OH is 1. The number of aliphatic hydroxyl groups is 1. The number of nitrogens with one attached hydrogen (secondary N) is 7. The van der Waals surface area contributed by atoms with Gasteiger partial charge in [0.1, 0.15) is 42.0 Å². The first kappa shape index (κ1) is 54.9. The van der Waals surface area contributed by atoms with E-state index >= 15 is 0 Å². The fourth-order valence-corrected chi connectivity index (χ4v) is 5.93. The molecular formula is C40H68N12O11. The van der Waals surface area contributed by atoms with Gasteiger partial charge in [-0.05, 0) is 81.5 Å². The van der Waals surface area contributed by atoms with Gasteiger partial charge in [0.15, 0.2) is 5.96 Å². The Morgan fingerprint density at radius 2 is 1.19 bits per heavy atom. The Balaban J connectivity index is 3.31. The highest BCUT2D eigenvalue weighted by Crippen LogP contribution is 2.13. The molecular weight excluding hydrogens is 825 g/mol. The molecule has 0 aliphatic rings. The molecule has 0 spiro atoms. The lowest BCUT2D eigenvalue weighted by Crippen LogP contribution is -2.60. The molecule has 1 aromatic rings. The van der Waals surface area contributed by atoms with E-state index in [1.54, 1.807) is 13.8 Å². The van der Waals surface area contributed by atoms with Crippen molar-refractivity contribution in [2.45, 2.75) is 122 Å². The Morgan fingerprint density at radius 1 is 0.667 bits per heavy atom.